The van der Waals surface area contributed by atoms with Crippen molar-refractivity contribution in [1.82, 2.24) is 20.2 Å². The Morgan fingerprint density at radius 1 is 1.32 bits per heavy atom. The van der Waals surface area contributed by atoms with Crippen LogP contribution in [0.2, 0.25) is 0 Å². The number of hydrogen-bond donors (Lipinski definition) is 1. The van der Waals surface area contributed by atoms with Crippen LogP contribution in [-0.2, 0) is 4.79 Å². The number of thioether (sulfide) groups is 1. The number of methoxy groups -OCH3 is 1. The molecule has 0 unspecified atom stereocenters. The van der Waals surface area contributed by atoms with Crippen molar-refractivity contribution >= 4 is 23.4 Å². The van der Waals surface area contributed by atoms with Gasteiger partial charge in [-0.05, 0) is 59.4 Å². The largest absolute Gasteiger partial charge is 0.497 e. The van der Waals surface area contributed by atoms with E-state index < -0.39 is 0 Å². The van der Waals surface area contributed by atoms with Gasteiger partial charge in [-0.2, -0.15) is 0 Å². The molecule has 4 rings (SSSR count). The Labute approximate surface area is 149 Å². The number of nitrogens with one attached hydrogen (secondary N) is 1. The number of carbonyl (C=O) groups is 1. The topological polar surface area (TPSA) is 81.9 Å². The number of tetrazole rings is 1. The lowest BCUT2D eigenvalue weighted by Gasteiger charge is -2.18. The Morgan fingerprint density at radius 3 is 2.84 bits per heavy atom. The molecule has 2 aromatic rings. The minimum Gasteiger partial charge on any atom is -0.497 e. The first kappa shape index (κ1) is 16.1. The molecule has 0 saturated heterocycles. The van der Waals surface area contributed by atoms with Crippen molar-refractivity contribution in [2.75, 3.05) is 18.2 Å². The Morgan fingerprint density at radius 2 is 2.16 bits per heavy atom. The Kier molecular flexibility index (Phi) is 4.44. The molecule has 0 aliphatic heterocycles. The number of aromatic nitrogens is 4. The predicted molar refractivity (Wildman–Crippen MR) is 94.6 cm³/mol. The molecule has 1 aromatic heterocycles. The summed E-state index contributed by atoms with van der Waals surface area (Å²) in [6.45, 7) is 0. The SMILES string of the molecule is COc1ccc(NC(=O)CSc2nnnn2[C@H]2C[C@H]3C=C[C@H]2C3)cc1. The van der Waals surface area contributed by atoms with Crippen LogP contribution >= 0.6 is 11.8 Å². The zero-order valence-electron chi connectivity index (χ0n) is 13.8. The van der Waals surface area contributed by atoms with Crippen LogP contribution in [0.1, 0.15) is 18.9 Å². The van der Waals surface area contributed by atoms with E-state index in [-0.39, 0.29) is 11.7 Å². The number of hydrogen-bond acceptors (Lipinski definition) is 6. The number of ether oxygens (including phenoxy) is 1. The smallest absolute Gasteiger partial charge is 0.234 e. The van der Waals surface area contributed by atoms with Crippen molar-refractivity contribution < 1.29 is 9.53 Å². The Hall–Kier alpha value is -2.35. The first-order valence-corrected chi connectivity index (χ1v) is 9.24. The molecule has 2 bridgehead atoms. The predicted octanol–water partition coefficient (Wildman–Crippen LogP) is 2.55. The average molecular weight is 357 g/mol. The summed E-state index contributed by atoms with van der Waals surface area (Å²) in [5, 5.41) is 15.6. The third kappa shape index (κ3) is 3.39. The van der Waals surface area contributed by atoms with E-state index >= 15 is 0 Å². The van der Waals surface area contributed by atoms with E-state index in [2.05, 4.69) is 33.0 Å². The summed E-state index contributed by atoms with van der Waals surface area (Å²) < 4.78 is 7.00. The zero-order valence-corrected chi connectivity index (χ0v) is 14.6. The molecule has 0 radical (unpaired) electrons. The summed E-state index contributed by atoms with van der Waals surface area (Å²) in [5.74, 6) is 2.10. The second-order valence-corrected chi connectivity index (χ2v) is 7.26. The monoisotopic (exact) mass is 357 g/mol. The number of amides is 1. The lowest BCUT2D eigenvalue weighted by Crippen LogP contribution is -2.18. The molecule has 25 heavy (non-hydrogen) atoms. The van der Waals surface area contributed by atoms with Crippen LogP contribution in [-0.4, -0.2) is 39.0 Å². The van der Waals surface area contributed by atoms with Gasteiger partial charge in [-0.1, -0.05) is 23.9 Å². The minimum atomic E-state index is -0.0856. The maximum atomic E-state index is 12.2. The Bertz CT molecular complexity index is 789. The minimum absolute atomic E-state index is 0.0856. The van der Waals surface area contributed by atoms with Crippen LogP contribution in [0.4, 0.5) is 5.69 Å². The number of benzene rings is 1. The molecule has 1 aromatic carbocycles. The average Bonchev–Trinajstić information content (AvgIpc) is 3.36. The van der Waals surface area contributed by atoms with Gasteiger partial charge in [0.25, 0.3) is 0 Å². The number of anilines is 1. The van der Waals surface area contributed by atoms with Gasteiger partial charge in [0.05, 0.1) is 18.9 Å². The molecule has 2 aliphatic carbocycles. The summed E-state index contributed by atoms with van der Waals surface area (Å²) in [5.41, 5.74) is 0.740. The summed E-state index contributed by atoms with van der Waals surface area (Å²) in [4.78, 5) is 12.2. The zero-order chi connectivity index (χ0) is 17.2. The Balaban J connectivity index is 1.34. The van der Waals surface area contributed by atoms with Gasteiger partial charge in [-0.25, -0.2) is 4.68 Å². The van der Waals surface area contributed by atoms with Gasteiger partial charge in [0.15, 0.2) is 0 Å². The number of carbonyl (C=O) groups excluding carboxylic acids is 1. The van der Waals surface area contributed by atoms with Crippen LogP contribution in [0.3, 0.4) is 0 Å². The highest BCUT2D eigenvalue weighted by Crippen LogP contribution is 2.46. The maximum absolute atomic E-state index is 12.2. The summed E-state index contributed by atoms with van der Waals surface area (Å²) >= 11 is 1.37. The van der Waals surface area contributed by atoms with Crippen molar-refractivity contribution in [2.45, 2.75) is 24.0 Å². The van der Waals surface area contributed by atoms with Crippen molar-refractivity contribution in [1.29, 1.82) is 0 Å². The molecule has 0 spiro atoms. The second-order valence-electron chi connectivity index (χ2n) is 6.32. The van der Waals surface area contributed by atoms with Gasteiger partial charge in [-0.3, -0.25) is 4.79 Å². The van der Waals surface area contributed by atoms with E-state index in [1.54, 1.807) is 7.11 Å². The van der Waals surface area contributed by atoms with E-state index in [4.69, 9.17) is 4.74 Å². The van der Waals surface area contributed by atoms with Crippen molar-refractivity contribution in [3.8, 4) is 5.75 Å². The molecular weight excluding hydrogens is 338 g/mol. The summed E-state index contributed by atoms with van der Waals surface area (Å²) in [6, 6.07) is 7.56. The van der Waals surface area contributed by atoms with Gasteiger partial charge >= 0.3 is 0 Å². The van der Waals surface area contributed by atoms with Crippen molar-refractivity contribution in [2.24, 2.45) is 11.8 Å². The standard InChI is InChI=1S/C17H19N5O2S/c1-24-14-6-4-13(5-7-14)18-16(23)10-25-17-19-20-21-22(17)15-9-11-2-3-12(15)8-11/h2-7,11-12,15H,8-10H2,1H3,(H,18,23)/t11-,12-,15-/m0/s1. The molecule has 130 valence electrons. The maximum Gasteiger partial charge on any atom is 0.234 e. The molecule has 3 atom stereocenters. The quantitative estimate of drug-likeness (QED) is 0.632. The first-order chi connectivity index (χ1) is 12.2. The van der Waals surface area contributed by atoms with Crippen LogP contribution in [0, 0.1) is 11.8 Å². The van der Waals surface area contributed by atoms with Crippen molar-refractivity contribution in [3.05, 3.63) is 36.4 Å². The van der Waals surface area contributed by atoms with Gasteiger partial charge in [-0.15, -0.1) is 5.10 Å². The normalized spacial score (nSPS) is 23.8. The number of nitrogens with zero attached hydrogens (tertiary/aromatic N) is 4. The molecule has 7 nitrogen and oxygen atoms in total. The fourth-order valence-electron chi connectivity index (χ4n) is 3.52. The molecular formula is C17H19N5O2S. The van der Waals surface area contributed by atoms with Crippen LogP contribution in [0.5, 0.6) is 5.75 Å². The highest BCUT2D eigenvalue weighted by molar-refractivity contribution is 7.99. The third-order valence-corrected chi connectivity index (χ3v) is 5.66. The number of rotatable bonds is 6. The van der Waals surface area contributed by atoms with Crippen LogP contribution < -0.4 is 10.1 Å². The molecule has 8 heteroatoms. The number of fused-ring (bicyclic) bond motifs is 2. The fourth-order valence-corrected chi connectivity index (χ4v) is 4.25. The summed E-state index contributed by atoms with van der Waals surface area (Å²) in [7, 11) is 1.61. The third-order valence-electron chi connectivity index (χ3n) is 4.73. The molecule has 1 saturated carbocycles. The van der Waals surface area contributed by atoms with E-state index in [1.807, 2.05) is 28.9 Å². The van der Waals surface area contributed by atoms with E-state index in [0.29, 0.717) is 23.0 Å². The highest BCUT2D eigenvalue weighted by atomic mass is 32.2. The first-order valence-electron chi connectivity index (χ1n) is 8.26. The van der Waals surface area contributed by atoms with Crippen molar-refractivity contribution in [3.63, 3.8) is 0 Å². The van der Waals surface area contributed by atoms with Gasteiger partial charge in [0.1, 0.15) is 5.75 Å². The highest BCUT2D eigenvalue weighted by Gasteiger charge is 2.38. The van der Waals surface area contributed by atoms with Crippen LogP contribution in [0.25, 0.3) is 0 Å². The van der Waals surface area contributed by atoms with E-state index in [9.17, 15) is 4.79 Å². The molecule has 1 amide bonds. The van der Waals surface area contributed by atoms with Gasteiger partial charge in [0.2, 0.25) is 11.1 Å². The molecule has 1 N–H and O–H groups in total. The van der Waals surface area contributed by atoms with Gasteiger partial charge < -0.3 is 10.1 Å². The van der Waals surface area contributed by atoms with Crippen LogP contribution in [0.15, 0.2) is 41.6 Å². The molecule has 1 fully saturated rings. The molecule has 1 heterocycles. The lowest BCUT2D eigenvalue weighted by molar-refractivity contribution is -0.113. The molecule has 2 aliphatic rings. The number of allylic oxidation sites excluding steroid dienone is 2. The fraction of sp³-hybridized carbons (Fsp3) is 0.412. The van der Waals surface area contributed by atoms with Gasteiger partial charge in [0, 0.05) is 5.69 Å². The summed E-state index contributed by atoms with van der Waals surface area (Å²) in [6.07, 6.45) is 6.83. The van der Waals surface area contributed by atoms with E-state index in [1.165, 1.54) is 18.2 Å². The lowest BCUT2D eigenvalue weighted by atomic mass is 10.0. The van der Waals surface area contributed by atoms with E-state index in [0.717, 1.165) is 17.9 Å². The second kappa shape index (κ2) is 6.87.